The van der Waals surface area contributed by atoms with Crippen LogP contribution in [0.2, 0.25) is 0 Å². The second kappa shape index (κ2) is 5.46. The van der Waals surface area contributed by atoms with Crippen LogP contribution in [0.5, 0.6) is 0 Å². The zero-order chi connectivity index (χ0) is 11.2. The van der Waals surface area contributed by atoms with Crippen molar-refractivity contribution in [2.24, 2.45) is 5.92 Å². The first kappa shape index (κ1) is 10.9. The van der Waals surface area contributed by atoms with Crippen molar-refractivity contribution in [2.45, 2.75) is 20.0 Å². The first-order valence-electron chi connectivity index (χ1n) is 5.49. The van der Waals surface area contributed by atoms with Crippen LogP contribution in [0.3, 0.4) is 0 Å². The Morgan fingerprint density at radius 1 is 1.50 bits per heavy atom. The highest BCUT2D eigenvalue weighted by molar-refractivity contribution is 4.96. The Kier molecular flexibility index (Phi) is 3.71. The Morgan fingerprint density at radius 2 is 2.44 bits per heavy atom. The number of rotatable bonds is 6. The van der Waals surface area contributed by atoms with Crippen LogP contribution in [0.1, 0.15) is 12.6 Å². The van der Waals surface area contributed by atoms with Crippen molar-refractivity contribution in [3.05, 3.63) is 36.7 Å². The largest absolute Gasteiger partial charge is 0.337 e. The molecule has 2 rings (SSSR count). The second-order valence-corrected chi connectivity index (χ2v) is 4.08. The predicted octanol–water partition coefficient (Wildman–Crippen LogP) is 1.03. The summed E-state index contributed by atoms with van der Waals surface area (Å²) in [5.74, 6) is 0.581. The third-order valence-electron chi connectivity index (χ3n) is 2.45. The highest BCUT2D eigenvalue weighted by Gasteiger charge is 2.02. The molecule has 1 atom stereocenters. The van der Waals surface area contributed by atoms with Crippen molar-refractivity contribution in [2.75, 3.05) is 6.54 Å². The van der Waals surface area contributed by atoms with E-state index in [1.807, 2.05) is 24.8 Å². The van der Waals surface area contributed by atoms with Gasteiger partial charge in [0.25, 0.3) is 0 Å². The van der Waals surface area contributed by atoms with E-state index >= 15 is 0 Å². The number of aromatic nitrogens is 4. The molecule has 0 bridgehead atoms. The van der Waals surface area contributed by atoms with E-state index in [1.54, 1.807) is 6.20 Å². The van der Waals surface area contributed by atoms with Crippen molar-refractivity contribution < 1.29 is 0 Å². The summed E-state index contributed by atoms with van der Waals surface area (Å²) in [4.78, 5) is 4.03. The summed E-state index contributed by atoms with van der Waals surface area (Å²) in [5, 5.41) is 10.2. The zero-order valence-corrected chi connectivity index (χ0v) is 9.43. The standard InChI is InChI=1S/C11H17N5/c1-10(8-16-5-4-12-9-16)6-13-7-11-2-3-14-15-11/h2-5,9-10,13H,6-8H2,1H3,(H,14,15). The van der Waals surface area contributed by atoms with Crippen molar-refractivity contribution in [1.29, 1.82) is 0 Å². The molecule has 5 nitrogen and oxygen atoms in total. The van der Waals surface area contributed by atoms with Crippen LogP contribution in [-0.2, 0) is 13.1 Å². The number of aromatic amines is 1. The van der Waals surface area contributed by atoms with E-state index in [4.69, 9.17) is 0 Å². The van der Waals surface area contributed by atoms with Crippen LogP contribution in [0, 0.1) is 5.92 Å². The van der Waals surface area contributed by atoms with E-state index in [2.05, 4.69) is 32.0 Å². The molecule has 2 heterocycles. The van der Waals surface area contributed by atoms with Crippen molar-refractivity contribution in [3.63, 3.8) is 0 Å². The molecule has 2 aromatic rings. The highest BCUT2D eigenvalue weighted by atomic mass is 15.1. The van der Waals surface area contributed by atoms with Gasteiger partial charge in [-0.2, -0.15) is 5.10 Å². The van der Waals surface area contributed by atoms with Crippen molar-refractivity contribution in [3.8, 4) is 0 Å². The molecule has 0 fully saturated rings. The van der Waals surface area contributed by atoms with Crippen LogP contribution in [0.25, 0.3) is 0 Å². The SMILES string of the molecule is CC(CNCc1ccn[nH]1)Cn1ccnc1. The van der Waals surface area contributed by atoms with E-state index in [0.717, 1.165) is 25.3 Å². The minimum atomic E-state index is 0.581. The molecule has 86 valence electrons. The Hall–Kier alpha value is -1.62. The number of H-pyrrole nitrogens is 1. The third kappa shape index (κ3) is 3.20. The molecule has 0 aliphatic carbocycles. The molecule has 16 heavy (non-hydrogen) atoms. The number of hydrogen-bond acceptors (Lipinski definition) is 3. The normalized spacial score (nSPS) is 12.8. The zero-order valence-electron chi connectivity index (χ0n) is 9.43. The van der Waals surface area contributed by atoms with Crippen LogP contribution in [0.4, 0.5) is 0 Å². The maximum Gasteiger partial charge on any atom is 0.0946 e. The van der Waals surface area contributed by atoms with E-state index < -0.39 is 0 Å². The summed E-state index contributed by atoms with van der Waals surface area (Å²) in [6.07, 6.45) is 7.42. The fraction of sp³-hybridized carbons (Fsp3) is 0.455. The topological polar surface area (TPSA) is 58.5 Å². The summed E-state index contributed by atoms with van der Waals surface area (Å²) >= 11 is 0. The molecule has 0 spiro atoms. The first-order valence-corrected chi connectivity index (χ1v) is 5.49. The molecule has 0 saturated carbocycles. The van der Waals surface area contributed by atoms with E-state index in [0.29, 0.717) is 5.92 Å². The average molecular weight is 219 g/mol. The molecule has 2 N–H and O–H groups in total. The molecular formula is C11H17N5. The summed E-state index contributed by atoms with van der Waals surface area (Å²) < 4.78 is 2.10. The summed E-state index contributed by atoms with van der Waals surface area (Å²) in [5.41, 5.74) is 1.12. The molecule has 0 amide bonds. The fourth-order valence-corrected chi connectivity index (χ4v) is 1.66. The predicted molar refractivity (Wildman–Crippen MR) is 61.7 cm³/mol. The first-order chi connectivity index (χ1) is 7.84. The molecule has 2 aromatic heterocycles. The van der Waals surface area contributed by atoms with Crippen molar-refractivity contribution >= 4 is 0 Å². The quantitative estimate of drug-likeness (QED) is 0.763. The van der Waals surface area contributed by atoms with Crippen molar-refractivity contribution in [1.82, 2.24) is 25.1 Å². The average Bonchev–Trinajstić information content (AvgIpc) is 2.90. The van der Waals surface area contributed by atoms with Gasteiger partial charge in [0.2, 0.25) is 0 Å². The molecule has 5 heteroatoms. The maximum atomic E-state index is 4.03. The lowest BCUT2D eigenvalue weighted by Gasteiger charge is -2.12. The Morgan fingerprint density at radius 3 is 3.12 bits per heavy atom. The lowest BCUT2D eigenvalue weighted by Crippen LogP contribution is -2.23. The van der Waals surface area contributed by atoms with Gasteiger partial charge in [0.1, 0.15) is 0 Å². The van der Waals surface area contributed by atoms with Gasteiger partial charge in [-0.1, -0.05) is 6.92 Å². The molecule has 1 unspecified atom stereocenters. The Bertz CT molecular complexity index is 378. The second-order valence-electron chi connectivity index (χ2n) is 4.08. The van der Waals surface area contributed by atoms with Crippen LogP contribution < -0.4 is 5.32 Å². The van der Waals surface area contributed by atoms with Gasteiger partial charge in [-0.3, -0.25) is 5.10 Å². The van der Waals surface area contributed by atoms with Gasteiger partial charge in [-0.25, -0.2) is 4.98 Å². The lowest BCUT2D eigenvalue weighted by atomic mass is 10.2. The van der Waals surface area contributed by atoms with Gasteiger partial charge in [-0.15, -0.1) is 0 Å². The van der Waals surface area contributed by atoms with Gasteiger partial charge >= 0.3 is 0 Å². The fourth-order valence-electron chi connectivity index (χ4n) is 1.66. The molecule has 0 radical (unpaired) electrons. The van der Waals surface area contributed by atoms with Gasteiger partial charge in [0.05, 0.1) is 6.33 Å². The Balaban J connectivity index is 1.66. The molecule has 0 saturated heterocycles. The van der Waals surface area contributed by atoms with Crippen LogP contribution in [0.15, 0.2) is 31.0 Å². The van der Waals surface area contributed by atoms with Gasteiger partial charge in [-0.05, 0) is 18.5 Å². The number of imidazole rings is 1. The molecular weight excluding hydrogens is 202 g/mol. The van der Waals surface area contributed by atoms with Gasteiger partial charge < -0.3 is 9.88 Å². The summed E-state index contributed by atoms with van der Waals surface area (Å²) in [6.45, 7) is 5.04. The van der Waals surface area contributed by atoms with Gasteiger partial charge in [0.15, 0.2) is 0 Å². The third-order valence-corrected chi connectivity index (χ3v) is 2.45. The number of nitrogens with one attached hydrogen (secondary N) is 2. The molecule has 0 aliphatic rings. The van der Waals surface area contributed by atoms with E-state index in [9.17, 15) is 0 Å². The smallest absolute Gasteiger partial charge is 0.0946 e. The van der Waals surface area contributed by atoms with E-state index in [-0.39, 0.29) is 0 Å². The van der Waals surface area contributed by atoms with Crippen LogP contribution in [-0.4, -0.2) is 26.3 Å². The minimum Gasteiger partial charge on any atom is -0.337 e. The minimum absolute atomic E-state index is 0.581. The Labute approximate surface area is 94.9 Å². The van der Waals surface area contributed by atoms with Gasteiger partial charge in [0, 0.05) is 37.4 Å². The number of hydrogen-bond donors (Lipinski definition) is 2. The lowest BCUT2D eigenvalue weighted by molar-refractivity contribution is 0.443. The van der Waals surface area contributed by atoms with E-state index in [1.165, 1.54) is 0 Å². The highest BCUT2D eigenvalue weighted by Crippen LogP contribution is 1.99. The molecule has 0 aliphatic heterocycles. The van der Waals surface area contributed by atoms with Crippen LogP contribution >= 0.6 is 0 Å². The summed E-state index contributed by atoms with van der Waals surface area (Å²) in [7, 11) is 0. The molecule has 0 aromatic carbocycles. The summed E-state index contributed by atoms with van der Waals surface area (Å²) in [6, 6.07) is 1.98. The maximum absolute atomic E-state index is 4.03. The monoisotopic (exact) mass is 219 g/mol. The number of nitrogens with zero attached hydrogens (tertiary/aromatic N) is 3.